The van der Waals surface area contributed by atoms with Gasteiger partial charge >= 0.3 is 18.0 Å². The summed E-state index contributed by atoms with van der Waals surface area (Å²) >= 11 is 0. The predicted molar refractivity (Wildman–Crippen MR) is 96.1 cm³/mol. The molecule has 0 spiro atoms. The first-order valence-corrected chi connectivity index (χ1v) is 9.40. The molecule has 1 fully saturated rings. The highest BCUT2D eigenvalue weighted by molar-refractivity contribution is 6.01. The average molecular weight is 453 g/mol. The molecule has 13 heteroatoms. The average Bonchev–Trinajstić information content (AvgIpc) is 3.36. The van der Waals surface area contributed by atoms with Crippen molar-refractivity contribution in [3.63, 3.8) is 0 Å². The number of likely N-dealkylation sites (tertiary alicyclic amines) is 1. The molecule has 3 aromatic heterocycles. The summed E-state index contributed by atoms with van der Waals surface area (Å²) in [6.07, 6.45) is -4.08. The zero-order chi connectivity index (χ0) is 22.8. The molecule has 2 N–H and O–H groups in total. The predicted octanol–water partition coefficient (Wildman–Crippen LogP) is 4.05. The lowest BCUT2D eigenvalue weighted by molar-refractivity contribution is -0.356. The van der Waals surface area contributed by atoms with E-state index in [0.29, 0.717) is 22.1 Å². The van der Waals surface area contributed by atoms with Crippen LogP contribution in [0.5, 0.6) is 0 Å². The highest BCUT2D eigenvalue weighted by Gasteiger charge is 2.73. The molecule has 0 bridgehead atoms. The molecule has 2 atom stereocenters. The molecule has 1 aliphatic rings. The molecule has 4 rings (SSSR count). The quantitative estimate of drug-likeness (QED) is 0.572. The smallest absolute Gasteiger partial charge is 0.385 e. The van der Waals surface area contributed by atoms with Gasteiger partial charge in [-0.25, -0.2) is 9.97 Å². The molecule has 0 unspecified atom stereocenters. The van der Waals surface area contributed by atoms with E-state index in [9.17, 15) is 35.8 Å². The lowest BCUT2D eigenvalue weighted by Gasteiger charge is -2.31. The first-order valence-electron chi connectivity index (χ1n) is 9.40. The van der Waals surface area contributed by atoms with Gasteiger partial charge in [-0.05, 0) is 19.4 Å². The number of halogens is 7. The number of aromatic amines is 1. The Labute approximate surface area is 170 Å². The number of nitrogens with one attached hydrogen (secondary N) is 1. The molecule has 3 aromatic rings. The van der Waals surface area contributed by atoms with Gasteiger partial charge in [0.2, 0.25) is 0 Å². The number of H-pyrrole nitrogens is 1. The molecule has 1 aliphatic heterocycles. The van der Waals surface area contributed by atoms with Crippen molar-refractivity contribution in [2.24, 2.45) is 0 Å². The van der Waals surface area contributed by atoms with Crippen LogP contribution in [0.4, 0.5) is 30.7 Å². The maximum absolute atomic E-state index is 13.9. The van der Waals surface area contributed by atoms with Crippen molar-refractivity contribution < 1.29 is 35.8 Å². The second kappa shape index (κ2) is 7.05. The number of aliphatic hydroxyl groups excluding tert-OH is 1. The Balaban J connectivity index is 1.67. The number of pyridine rings is 1. The van der Waals surface area contributed by atoms with E-state index in [1.165, 1.54) is 13.1 Å². The fourth-order valence-corrected chi connectivity index (χ4v) is 4.03. The minimum absolute atomic E-state index is 0.117. The molecule has 0 saturated carbocycles. The molecule has 0 aliphatic carbocycles. The number of imidazole rings is 1. The van der Waals surface area contributed by atoms with Crippen molar-refractivity contribution in [3.8, 4) is 0 Å². The number of rotatable bonds is 5. The van der Waals surface area contributed by atoms with Crippen molar-refractivity contribution in [1.29, 1.82) is 0 Å². The van der Waals surface area contributed by atoms with E-state index in [0.717, 1.165) is 4.90 Å². The van der Waals surface area contributed by atoms with E-state index >= 15 is 0 Å². The Bertz CT molecular complexity index is 1100. The molecular formula is C18H18F7N5O. The van der Waals surface area contributed by atoms with E-state index in [4.69, 9.17) is 0 Å². The third kappa shape index (κ3) is 3.43. The van der Waals surface area contributed by atoms with Crippen LogP contribution < -0.4 is 0 Å². The van der Waals surface area contributed by atoms with Gasteiger partial charge in [0.25, 0.3) is 0 Å². The van der Waals surface area contributed by atoms with Crippen LogP contribution in [-0.4, -0.2) is 67.2 Å². The topological polar surface area (TPSA) is 70.0 Å². The molecule has 4 heterocycles. The van der Waals surface area contributed by atoms with Crippen LogP contribution in [0.15, 0.2) is 18.5 Å². The molecular weight excluding hydrogens is 435 g/mol. The molecule has 0 amide bonds. The van der Waals surface area contributed by atoms with Crippen molar-refractivity contribution in [1.82, 2.24) is 24.4 Å². The lowest BCUT2D eigenvalue weighted by Crippen LogP contribution is -2.56. The molecule has 31 heavy (non-hydrogen) atoms. The van der Waals surface area contributed by atoms with E-state index in [2.05, 4.69) is 15.0 Å². The van der Waals surface area contributed by atoms with E-state index in [1.54, 1.807) is 16.8 Å². The summed E-state index contributed by atoms with van der Waals surface area (Å²) in [6.45, 7) is -0.602. The van der Waals surface area contributed by atoms with Gasteiger partial charge in [0.15, 0.2) is 0 Å². The first kappa shape index (κ1) is 21.8. The third-order valence-corrected chi connectivity index (χ3v) is 5.49. The van der Waals surface area contributed by atoms with E-state index in [1.807, 2.05) is 0 Å². The maximum atomic E-state index is 13.9. The van der Waals surface area contributed by atoms with Crippen LogP contribution in [0, 0.1) is 0 Å². The van der Waals surface area contributed by atoms with Gasteiger partial charge in [-0.3, -0.25) is 4.90 Å². The second-order valence-corrected chi connectivity index (χ2v) is 7.70. The van der Waals surface area contributed by atoms with Crippen molar-refractivity contribution in [3.05, 3.63) is 24.3 Å². The molecule has 1 saturated heterocycles. The Morgan fingerprint density at radius 1 is 1.23 bits per heavy atom. The summed E-state index contributed by atoms with van der Waals surface area (Å²) in [4.78, 5) is 12.4. The van der Waals surface area contributed by atoms with Gasteiger partial charge in [0, 0.05) is 30.7 Å². The van der Waals surface area contributed by atoms with Gasteiger partial charge in [-0.15, -0.1) is 0 Å². The van der Waals surface area contributed by atoms with E-state index in [-0.39, 0.29) is 25.3 Å². The van der Waals surface area contributed by atoms with Crippen molar-refractivity contribution in [2.45, 2.75) is 43.5 Å². The monoisotopic (exact) mass is 453 g/mol. The number of fused-ring (bicyclic) bond motifs is 3. The maximum Gasteiger partial charge on any atom is 0.459 e. The molecule has 170 valence electrons. The minimum atomic E-state index is -6.36. The Morgan fingerprint density at radius 3 is 2.58 bits per heavy atom. The Morgan fingerprint density at radius 2 is 1.94 bits per heavy atom. The van der Waals surface area contributed by atoms with Crippen LogP contribution >= 0.6 is 0 Å². The standard InChI is InChI=1S/C18H18F7N5O/c1-9(31)15-28-12-6-27-14-11(2-4-26-14)13(12)30(15)10-3-5-29(7-10)8-16(19,20)17(21,22)18(23,24)25/h2,4,6,9-10,31H,3,5,7-8H2,1H3,(H,26,27)/t9-,10+/m1/s1. The van der Waals surface area contributed by atoms with Crippen LogP contribution in [0.3, 0.4) is 0 Å². The zero-order valence-corrected chi connectivity index (χ0v) is 16.1. The van der Waals surface area contributed by atoms with Crippen molar-refractivity contribution in [2.75, 3.05) is 19.6 Å². The van der Waals surface area contributed by atoms with Crippen LogP contribution in [0.2, 0.25) is 0 Å². The van der Waals surface area contributed by atoms with Crippen LogP contribution in [-0.2, 0) is 0 Å². The number of nitrogens with zero attached hydrogens (tertiary/aromatic N) is 4. The lowest BCUT2D eigenvalue weighted by atomic mass is 10.1. The molecule has 0 radical (unpaired) electrons. The Kier molecular flexibility index (Phi) is 4.96. The molecule has 6 nitrogen and oxygen atoms in total. The third-order valence-electron chi connectivity index (χ3n) is 5.49. The largest absolute Gasteiger partial charge is 0.459 e. The van der Waals surface area contributed by atoms with Gasteiger partial charge in [-0.1, -0.05) is 0 Å². The Hall–Kier alpha value is -2.41. The van der Waals surface area contributed by atoms with Gasteiger partial charge in [0.1, 0.15) is 23.1 Å². The number of alkyl halides is 7. The fourth-order valence-electron chi connectivity index (χ4n) is 4.03. The van der Waals surface area contributed by atoms with Crippen molar-refractivity contribution >= 4 is 22.1 Å². The first-order chi connectivity index (χ1) is 14.3. The highest BCUT2D eigenvalue weighted by atomic mass is 19.4. The summed E-state index contributed by atoms with van der Waals surface area (Å²) in [5.74, 6) is -11.2. The van der Waals surface area contributed by atoms with E-state index < -0.39 is 36.7 Å². The summed E-state index contributed by atoms with van der Waals surface area (Å²) in [5.41, 5.74) is 1.54. The second-order valence-electron chi connectivity index (χ2n) is 7.70. The van der Waals surface area contributed by atoms with Crippen LogP contribution in [0.1, 0.15) is 31.3 Å². The zero-order valence-electron chi connectivity index (χ0n) is 16.1. The van der Waals surface area contributed by atoms with Gasteiger partial charge in [0.05, 0.1) is 18.3 Å². The van der Waals surface area contributed by atoms with Crippen LogP contribution in [0.25, 0.3) is 22.1 Å². The minimum Gasteiger partial charge on any atom is -0.385 e. The fraction of sp³-hybridized carbons (Fsp3) is 0.556. The van der Waals surface area contributed by atoms with Gasteiger partial charge in [-0.2, -0.15) is 30.7 Å². The molecule has 0 aromatic carbocycles. The summed E-state index contributed by atoms with van der Waals surface area (Å²) < 4.78 is 93.3. The SMILES string of the molecule is C[C@@H](O)c1nc2cnc3[nH]ccc3c2n1[C@H]1CCN(CC(F)(F)C(F)(F)C(F)(F)F)C1. The summed E-state index contributed by atoms with van der Waals surface area (Å²) in [7, 11) is 0. The number of aliphatic hydroxyl groups is 1. The summed E-state index contributed by atoms with van der Waals surface area (Å²) in [5, 5.41) is 10.8. The number of hydrogen-bond donors (Lipinski definition) is 2. The normalized spacial score (nSPS) is 20.2. The number of aromatic nitrogens is 4. The van der Waals surface area contributed by atoms with Gasteiger partial charge < -0.3 is 14.7 Å². The summed E-state index contributed by atoms with van der Waals surface area (Å²) in [6, 6.07) is 1.16. The highest BCUT2D eigenvalue weighted by Crippen LogP contribution is 2.47. The number of hydrogen-bond acceptors (Lipinski definition) is 4.